The van der Waals surface area contributed by atoms with E-state index in [4.69, 9.17) is 0 Å². The molecule has 2 heteroatoms. The van der Waals surface area contributed by atoms with Gasteiger partial charge in [0.2, 0.25) is 0 Å². The smallest absolute Gasteiger partial charge is 0.0139 e. The van der Waals surface area contributed by atoms with Crippen molar-refractivity contribution in [2.24, 2.45) is 0 Å². The molecule has 0 N–H and O–H groups in total. The maximum absolute atomic E-state index is 2.73. The maximum atomic E-state index is 2.73. The number of hydrogen-bond acceptors (Lipinski definition) is 2. The van der Waals surface area contributed by atoms with Gasteiger partial charge in [-0.05, 0) is 84.3 Å². The molecule has 0 aliphatic heterocycles. The van der Waals surface area contributed by atoms with Gasteiger partial charge in [-0.15, -0.1) is 0 Å². The number of fused-ring (bicyclic) bond motifs is 1. The second-order valence-electron chi connectivity index (χ2n) is 6.39. The summed E-state index contributed by atoms with van der Waals surface area (Å²) >= 11 is 1.80. The van der Waals surface area contributed by atoms with Crippen molar-refractivity contribution < 1.29 is 0 Å². The fourth-order valence-electron chi connectivity index (χ4n) is 3.82. The Balaban J connectivity index is 1.88. The lowest BCUT2D eigenvalue weighted by molar-refractivity contribution is 0.180. The van der Waals surface area contributed by atoms with Gasteiger partial charge in [0.1, 0.15) is 0 Å². The van der Waals surface area contributed by atoms with Crippen LogP contribution in [0.15, 0.2) is 35.0 Å². The summed E-state index contributed by atoms with van der Waals surface area (Å²) in [5.74, 6) is 0. The van der Waals surface area contributed by atoms with Gasteiger partial charge in [0.05, 0.1) is 0 Å². The first-order chi connectivity index (χ1) is 10.8. The summed E-state index contributed by atoms with van der Waals surface area (Å²) in [4.78, 5) is 2.73. The zero-order valence-electron chi connectivity index (χ0n) is 13.8. The molecule has 1 aromatic heterocycles. The van der Waals surface area contributed by atoms with E-state index >= 15 is 0 Å². The molecule has 1 nitrogen and oxygen atoms in total. The van der Waals surface area contributed by atoms with Gasteiger partial charge in [0, 0.05) is 6.04 Å². The Bertz CT molecular complexity index is 582. The van der Waals surface area contributed by atoms with Crippen molar-refractivity contribution >= 4 is 11.3 Å². The molecule has 118 valence electrons. The van der Waals surface area contributed by atoms with Crippen LogP contribution >= 0.6 is 11.3 Å². The SMILES string of the molecule is CCCN(CCC)C1CCc2cccc(-c3ccsc3)c2C1. The first-order valence-electron chi connectivity index (χ1n) is 8.70. The van der Waals surface area contributed by atoms with Crippen molar-refractivity contribution in [1.29, 1.82) is 0 Å². The molecule has 1 unspecified atom stereocenters. The van der Waals surface area contributed by atoms with Crippen LogP contribution in [0.2, 0.25) is 0 Å². The van der Waals surface area contributed by atoms with Crippen LogP contribution in [-0.2, 0) is 12.8 Å². The van der Waals surface area contributed by atoms with Crippen molar-refractivity contribution in [1.82, 2.24) is 4.90 Å². The van der Waals surface area contributed by atoms with Gasteiger partial charge in [-0.2, -0.15) is 11.3 Å². The van der Waals surface area contributed by atoms with Gasteiger partial charge in [0.25, 0.3) is 0 Å². The van der Waals surface area contributed by atoms with Crippen molar-refractivity contribution in [3.8, 4) is 11.1 Å². The van der Waals surface area contributed by atoms with Gasteiger partial charge in [-0.1, -0.05) is 32.0 Å². The molecule has 0 spiro atoms. The summed E-state index contributed by atoms with van der Waals surface area (Å²) in [7, 11) is 0. The number of rotatable bonds is 6. The summed E-state index contributed by atoms with van der Waals surface area (Å²) in [5.41, 5.74) is 6.05. The Labute approximate surface area is 139 Å². The van der Waals surface area contributed by atoms with Gasteiger partial charge in [-0.25, -0.2) is 0 Å². The topological polar surface area (TPSA) is 3.24 Å². The third kappa shape index (κ3) is 3.28. The van der Waals surface area contributed by atoms with Gasteiger partial charge >= 0.3 is 0 Å². The molecule has 0 fully saturated rings. The lowest BCUT2D eigenvalue weighted by atomic mass is 9.83. The van der Waals surface area contributed by atoms with Gasteiger partial charge in [-0.3, -0.25) is 0 Å². The van der Waals surface area contributed by atoms with Crippen LogP contribution < -0.4 is 0 Å². The second-order valence-corrected chi connectivity index (χ2v) is 7.17. The summed E-state index contributed by atoms with van der Waals surface area (Å²) in [6.07, 6.45) is 6.30. The van der Waals surface area contributed by atoms with E-state index in [0.29, 0.717) is 0 Å². The third-order valence-electron chi connectivity index (χ3n) is 4.83. The Hall–Kier alpha value is -1.12. The highest BCUT2D eigenvalue weighted by molar-refractivity contribution is 7.08. The van der Waals surface area contributed by atoms with Crippen LogP contribution in [0.1, 0.15) is 44.2 Å². The number of aryl methyl sites for hydroxylation is 1. The Morgan fingerprint density at radius 2 is 1.95 bits per heavy atom. The van der Waals surface area contributed by atoms with Crippen LogP contribution in [0.3, 0.4) is 0 Å². The molecule has 0 amide bonds. The van der Waals surface area contributed by atoms with E-state index in [1.165, 1.54) is 56.3 Å². The Kier molecular flexibility index (Phi) is 5.32. The molecule has 0 bridgehead atoms. The predicted octanol–water partition coefficient (Wildman–Crippen LogP) is 5.39. The molecular formula is C20H27NS. The van der Waals surface area contributed by atoms with Gasteiger partial charge in [0.15, 0.2) is 0 Å². The number of benzene rings is 1. The van der Waals surface area contributed by atoms with Crippen molar-refractivity contribution in [3.63, 3.8) is 0 Å². The van der Waals surface area contributed by atoms with E-state index in [1.54, 1.807) is 22.5 Å². The summed E-state index contributed by atoms with van der Waals surface area (Å²) < 4.78 is 0. The van der Waals surface area contributed by atoms with Crippen molar-refractivity contribution in [3.05, 3.63) is 46.2 Å². The number of hydrogen-bond donors (Lipinski definition) is 0. The Morgan fingerprint density at radius 1 is 1.14 bits per heavy atom. The van der Waals surface area contributed by atoms with E-state index in [9.17, 15) is 0 Å². The summed E-state index contributed by atoms with van der Waals surface area (Å²) in [6.45, 7) is 7.09. The third-order valence-corrected chi connectivity index (χ3v) is 5.51. The maximum Gasteiger partial charge on any atom is 0.0139 e. The molecule has 3 rings (SSSR count). The molecule has 1 aliphatic rings. The minimum Gasteiger partial charge on any atom is -0.300 e. The minimum absolute atomic E-state index is 0.729. The molecule has 1 heterocycles. The normalized spacial score (nSPS) is 17.7. The Morgan fingerprint density at radius 3 is 2.64 bits per heavy atom. The fraction of sp³-hybridized carbons (Fsp3) is 0.500. The summed E-state index contributed by atoms with van der Waals surface area (Å²) in [5, 5.41) is 4.48. The molecular weight excluding hydrogens is 286 g/mol. The van der Waals surface area contributed by atoms with Crippen LogP contribution in [0, 0.1) is 0 Å². The van der Waals surface area contributed by atoms with Crippen LogP contribution in [-0.4, -0.2) is 24.0 Å². The number of thiophene rings is 1. The molecule has 0 radical (unpaired) electrons. The van der Waals surface area contributed by atoms with Crippen LogP contribution in [0.4, 0.5) is 0 Å². The zero-order valence-corrected chi connectivity index (χ0v) is 14.7. The zero-order chi connectivity index (χ0) is 15.4. The molecule has 1 atom stereocenters. The van der Waals surface area contributed by atoms with Crippen LogP contribution in [0.5, 0.6) is 0 Å². The van der Waals surface area contributed by atoms with E-state index < -0.39 is 0 Å². The largest absolute Gasteiger partial charge is 0.300 e. The van der Waals surface area contributed by atoms with E-state index in [1.807, 2.05) is 0 Å². The molecule has 1 aliphatic carbocycles. The van der Waals surface area contributed by atoms with Crippen molar-refractivity contribution in [2.75, 3.05) is 13.1 Å². The molecule has 1 aromatic carbocycles. The molecule has 0 saturated carbocycles. The lowest BCUT2D eigenvalue weighted by Gasteiger charge is -2.35. The first kappa shape index (κ1) is 15.8. The van der Waals surface area contributed by atoms with Crippen molar-refractivity contribution in [2.45, 2.75) is 52.0 Å². The average Bonchev–Trinajstić information content (AvgIpc) is 3.08. The highest BCUT2D eigenvalue weighted by atomic mass is 32.1. The van der Waals surface area contributed by atoms with E-state index in [2.05, 4.69) is 53.8 Å². The second kappa shape index (κ2) is 7.43. The standard InChI is InChI=1S/C20H27NS/c1-3-11-21(12-4-2)18-9-8-16-6-5-7-19(20(16)14-18)17-10-13-22-15-17/h5-7,10,13,15,18H,3-4,8-9,11-12,14H2,1-2H3. The first-order valence-corrected chi connectivity index (χ1v) is 9.65. The molecule has 0 saturated heterocycles. The molecule has 2 aromatic rings. The number of nitrogens with zero attached hydrogens (tertiary/aromatic N) is 1. The predicted molar refractivity (Wildman–Crippen MR) is 97.7 cm³/mol. The summed E-state index contributed by atoms with van der Waals surface area (Å²) in [6, 6.07) is 9.88. The van der Waals surface area contributed by atoms with E-state index in [-0.39, 0.29) is 0 Å². The highest BCUT2D eigenvalue weighted by Gasteiger charge is 2.25. The van der Waals surface area contributed by atoms with Gasteiger partial charge < -0.3 is 4.90 Å². The van der Waals surface area contributed by atoms with E-state index in [0.717, 1.165) is 6.04 Å². The minimum atomic E-state index is 0.729. The quantitative estimate of drug-likeness (QED) is 0.690. The molecule has 22 heavy (non-hydrogen) atoms. The average molecular weight is 314 g/mol. The monoisotopic (exact) mass is 313 g/mol. The fourth-order valence-corrected chi connectivity index (χ4v) is 4.48. The highest BCUT2D eigenvalue weighted by Crippen LogP contribution is 2.34. The van der Waals surface area contributed by atoms with Crippen LogP contribution in [0.25, 0.3) is 11.1 Å². The lowest BCUT2D eigenvalue weighted by Crippen LogP contribution is -2.40.